The third-order valence-electron chi connectivity index (χ3n) is 15.1. The minimum Gasteiger partial charge on any atom is -0.310 e. The lowest BCUT2D eigenvalue weighted by atomic mass is 9.65. The molecular formula is C67H49N3S2. The summed E-state index contributed by atoms with van der Waals surface area (Å²) in [5.74, 6) is 0. The van der Waals surface area contributed by atoms with Crippen LogP contribution in [-0.2, 0) is 10.8 Å². The van der Waals surface area contributed by atoms with E-state index in [0.717, 1.165) is 28.4 Å². The maximum Gasteiger partial charge on any atom is 0.0771 e. The SMILES string of the molecule is CC(C)(C)c1ccc(N(c2ccc(-c3ccc(-c4ccccc4)cc3)cc2)c2cccc(N3c4ccccc4C4(c5cc6c7ccccc7n(-c7ccccc7)c6cc53)c3ccsc3-c3sccc34)c2)cc1. The maximum absolute atomic E-state index is 2.55. The number of benzene rings is 9. The van der Waals surface area contributed by atoms with Crippen molar-refractivity contribution in [2.45, 2.75) is 31.6 Å². The molecule has 2 aliphatic rings. The van der Waals surface area contributed by atoms with Crippen LogP contribution in [0.25, 0.3) is 59.5 Å². The molecule has 9 aromatic carbocycles. The average molecular weight is 960 g/mol. The Labute approximate surface area is 428 Å². The van der Waals surface area contributed by atoms with Crippen LogP contribution < -0.4 is 9.80 Å². The van der Waals surface area contributed by atoms with Crippen molar-refractivity contribution in [3.63, 3.8) is 0 Å². The number of hydrogen-bond donors (Lipinski definition) is 0. The van der Waals surface area contributed by atoms with Gasteiger partial charge in [-0.1, -0.05) is 160 Å². The summed E-state index contributed by atoms with van der Waals surface area (Å²) < 4.78 is 2.46. The highest BCUT2D eigenvalue weighted by Crippen LogP contribution is 2.66. The molecule has 0 saturated heterocycles. The van der Waals surface area contributed by atoms with Gasteiger partial charge < -0.3 is 14.4 Å². The van der Waals surface area contributed by atoms with Crippen molar-refractivity contribution in [3.8, 4) is 37.7 Å². The van der Waals surface area contributed by atoms with E-state index in [4.69, 9.17) is 0 Å². The summed E-state index contributed by atoms with van der Waals surface area (Å²) in [5.41, 5.74) is 21.3. The number of aromatic nitrogens is 1. The van der Waals surface area contributed by atoms with E-state index in [1.54, 1.807) is 0 Å². The first-order valence-corrected chi connectivity index (χ1v) is 26.6. The summed E-state index contributed by atoms with van der Waals surface area (Å²) in [4.78, 5) is 7.72. The summed E-state index contributed by atoms with van der Waals surface area (Å²) in [6.45, 7) is 6.84. The van der Waals surface area contributed by atoms with Gasteiger partial charge >= 0.3 is 0 Å². The number of rotatable bonds is 7. The Kier molecular flexibility index (Phi) is 9.73. The Morgan fingerprint density at radius 1 is 0.389 bits per heavy atom. The highest BCUT2D eigenvalue weighted by molar-refractivity contribution is 7.21. The summed E-state index contributed by atoms with van der Waals surface area (Å²) in [6, 6.07) is 85.7. The van der Waals surface area contributed by atoms with Crippen LogP contribution in [0.5, 0.6) is 0 Å². The summed E-state index contributed by atoms with van der Waals surface area (Å²) in [5, 5.41) is 7.09. The first-order valence-electron chi connectivity index (χ1n) is 24.8. The molecule has 344 valence electrons. The molecule has 0 bridgehead atoms. The molecule has 4 heterocycles. The van der Waals surface area contributed by atoms with Crippen molar-refractivity contribution in [2.24, 2.45) is 0 Å². The molecule has 1 spiro atoms. The van der Waals surface area contributed by atoms with E-state index in [1.165, 1.54) is 93.0 Å². The Hall–Kier alpha value is -8.22. The van der Waals surface area contributed by atoms with Gasteiger partial charge in [-0.15, -0.1) is 22.7 Å². The Morgan fingerprint density at radius 2 is 0.944 bits per heavy atom. The molecule has 0 radical (unpaired) electrons. The van der Waals surface area contributed by atoms with E-state index in [1.807, 2.05) is 22.7 Å². The Morgan fingerprint density at radius 3 is 1.61 bits per heavy atom. The second-order valence-electron chi connectivity index (χ2n) is 20.1. The highest BCUT2D eigenvalue weighted by atomic mass is 32.1. The summed E-state index contributed by atoms with van der Waals surface area (Å²) >= 11 is 3.74. The first kappa shape index (κ1) is 42.6. The fraction of sp³-hybridized carbons (Fsp3) is 0.0746. The number of anilines is 6. The normalized spacial score (nSPS) is 13.3. The van der Waals surface area contributed by atoms with Gasteiger partial charge in [-0.05, 0) is 157 Å². The van der Waals surface area contributed by atoms with Crippen molar-refractivity contribution in [2.75, 3.05) is 9.80 Å². The van der Waals surface area contributed by atoms with Gasteiger partial charge in [0.2, 0.25) is 0 Å². The van der Waals surface area contributed by atoms with Crippen LogP contribution in [0.2, 0.25) is 0 Å². The van der Waals surface area contributed by atoms with Crippen LogP contribution >= 0.6 is 22.7 Å². The fourth-order valence-electron chi connectivity index (χ4n) is 11.8. The van der Waals surface area contributed by atoms with Crippen molar-refractivity contribution < 1.29 is 0 Å². The van der Waals surface area contributed by atoms with Gasteiger partial charge in [0.15, 0.2) is 0 Å². The number of thiophene rings is 2. The Balaban J connectivity index is 0.972. The standard InChI is InChI=1S/C67H49N3S2/c1-66(2,3)48-31-35-51(36-32-48)68(50-33-29-47(30-34-50)46-27-25-45(26-28-46)44-15-6-4-7-16-44)52-19-14-20-53(41-52)70-61-24-13-11-22-56(61)67(57-37-39-71-64(57)65-58(67)38-40-72-65)59-42-55-54-21-10-12-23-60(54)69(62(55)43-63(59)70)49-17-8-5-9-18-49/h4-43H,1-3H3. The molecular weight excluding hydrogens is 911 g/mol. The van der Waals surface area contributed by atoms with Gasteiger partial charge in [0.05, 0.1) is 27.8 Å². The largest absolute Gasteiger partial charge is 0.310 e. The van der Waals surface area contributed by atoms with Crippen molar-refractivity contribution in [1.82, 2.24) is 4.57 Å². The molecule has 1 aliphatic heterocycles. The highest BCUT2D eigenvalue weighted by Gasteiger charge is 2.53. The lowest BCUT2D eigenvalue weighted by Crippen LogP contribution is -2.36. The minimum absolute atomic E-state index is 0.0257. The van der Waals surface area contributed by atoms with Crippen molar-refractivity contribution in [1.29, 1.82) is 0 Å². The lowest BCUT2D eigenvalue weighted by Gasteiger charge is -2.44. The summed E-state index contributed by atoms with van der Waals surface area (Å²) in [6.07, 6.45) is 0. The van der Waals surface area contributed by atoms with E-state index >= 15 is 0 Å². The van der Waals surface area contributed by atoms with E-state index in [2.05, 4.69) is 276 Å². The van der Waals surface area contributed by atoms with Crippen LogP contribution in [0, 0.1) is 0 Å². The third-order valence-corrected chi connectivity index (χ3v) is 17.1. The zero-order chi connectivity index (χ0) is 48.1. The topological polar surface area (TPSA) is 11.4 Å². The molecule has 0 saturated carbocycles. The van der Waals surface area contributed by atoms with E-state index < -0.39 is 5.41 Å². The monoisotopic (exact) mass is 959 g/mol. The zero-order valence-electron chi connectivity index (χ0n) is 40.3. The van der Waals surface area contributed by atoms with Crippen LogP contribution in [0.3, 0.4) is 0 Å². The van der Waals surface area contributed by atoms with E-state index in [0.29, 0.717) is 0 Å². The lowest BCUT2D eigenvalue weighted by molar-refractivity contribution is 0.590. The van der Waals surface area contributed by atoms with Gasteiger partial charge in [0.25, 0.3) is 0 Å². The minimum atomic E-state index is -0.501. The quantitative estimate of drug-likeness (QED) is 0.158. The second-order valence-corrected chi connectivity index (χ2v) is 22.0. The number of nitrogens with zero attached hydrogens (tertiary/aromatic N) is 3. The zero-order valence-corrected chi connectivity index (χ0v) is 41.9. The number of para-hydroxylation sites is 3. The molecule has 14 rings (SSSR count). The molecule has 5 heteroatoms. The molecule has 0 atom stereocenters. The maximum atomic E-state index is 2.55. The molecule has 12 aromatic rings. The van der Waals surface area contributed by atoms with E-state index in [9.17, 15) is 0 Å². The number of hydrogen-bond acceptors (Lipinski definition) is 4. The molecule has 0 N–H and O–H groups in total. The van der Waals surface area contributed by atoms with Gasteiger partial charge in [0.1, 0.15) is 0 Å². The fourth-order valence-corrected chi connectivity index (χ4v) is 13.9. The predicted molar refractivity (Wildman–Crippen MR) is 306 cm³/mol. The van der Waals surface area contributed by atoms with Gasteiger partial charge in [0, 0.05) is 49.0 Å². The van der Waals surface area contributed by atoms with Crippen LogP contribution in [-0.4, -0.2) is 4.57 Å². The molecule has 0 unspecified atom stereocenters. The molecule has 72 heavy (non-hydrogen) atoms. The van der Waals surface area contributed by atoms with E-state index in [-0.39, 0.29) is 5.41 Å². The smallest absolute Gasteiger partial charge is 0.0771 e. The second kappa shape index (κ2) is 16.4. The molecule has 0 fully saturated rings. The Bertz CT molecular complexity index is 3960. The van der Waals surface area contributed by atoms with Gasteiger partial charge in [-0.2, -0.15) is 0 Å². The average Bonchev–Trinajstić information content (AvgIpc) is 4.23. The number of fused-ring (bicyclic) bond motifs is 12. The van der Waals surface area contributed by atoms with Gasteiger partial charge in [-0.3, -0.25) is 0 Å². The molecule has 0 amide bonds. The molecule has 3 nitrogen and oxygen atoms in total. The van der Waals surface area contributed by atoms with Crippen LogP contribution in [0.1, 0.15) is 48.6 Å². The molecule has 1 aliphatic carbocycles. The third kappa shape index (κ3) is 6.47. The predicted octanol–water partition coefficient (Wildman–Crippen LogP) is 19.2. The van der Waals surface area contributed by atoms with Crippen molar-refractivity contribution in [3.05, 3.63) is 269 Å². The molecule has 3 aromatic heterocycles. The van der Waals surface area contributed by atoms with Crippen molar-refractivity contribution >= 4 is 78.6 Å². The van der Waals surface area contributed by atoms with Crippen LogP contribution in [0.4, 0.5) is 34.1 Å². The van der Waals surface area contributed by atoms with Gasteiger partial charge in [-0.25, -0.2) is 0 Å². The van der Waals surface area contributed by atoms with Crippen LogP contribution in [0.15, 0.2) is 241 Å². The first-order chi connectivity index (χ1) is 35.3. The summed E-state index contributed by atoms with van der Waals surface area (Å²) in [7, 11) is 0.